The molecule has 0 saturated heterocycles. The molecule has 2 nitrogen and oxygen atoms in total. The third kappa shape index (κ3) is 2.38. The number of aryl methyl sites for hydroxylation is 1. The molecule has 4 rings (SSSR count). The van der Waals surface area contributed by atoms with Crippen LogP contribution in [0.5, 0.6) is 0 Å². The Labute approximate surface area is 135 Å². The van der Waals surface area contributed by atoms with Gasteiger partial charge in [0.1, 0.15) is 5.01 Å². The second kappa shape index (κ2) is 5.24. The highest BCUT2D eigenvalue weighted by molar-refractivity contribution is 7.13. The highest BCUT2D eigenvalue weighted by Crippen LogP contribution is 2.42. The van der Waals surface area contributed by atoms with Gasteiger partial charge >= 0.3 is 0 Å². The minimum Gasteiger partial charge on any atom is -0.360 e. The lowest BCUT2D eigenvalue weighted by atomic mass is 9.82. The highest BCUT2D eigenvalue weighted by atomic mass is 32.1. The van der Waals surface area contributed by atoms with E-state index in [2.05, 4.69) is 53.6 Å². The zero-order valence-corrected chi connectivity index (χ0v) is 14.1. The number of nitrogens with zero attached hydrogens (tertiary/aromatic N) is 1. The summed E-state index contributed by atoms with van der Waals surface area (Å²) in [6.45, 7) is 4.51. The molecule has 1 fully saturated rings. The van der Waals surface area contributed by atoms with Gasteiger partial charge in [0.25, 0.3) is 0 Å². The van der Waals surface area contributed by atoms with Crippen LogP contribution in [0.3, 0.4) is 0 Å². The van der Waals surface area contributed by atoms with Gasteiger partial charge in [-0.3, -0.25) is 0 Å². The number of aromatic amines is 1. The van der Waals surface area contributed by atoms with Crippen LogP contribution in [0.15, 0.2) is 29.8 Å². The first-order valence-corrected chi connectivity index (χ1v) is 9.04. The SMILES string of the molecule is Cc1csc(-c2cccc3c(CC4(C)CCCC4)c[nH]c23)n1. The van der Waals surface area contributed by atoms with Gasteiger partial charge in [0.15, 0.2) is 0 Å². The fourth-order valence-electron chi connectivity index (χ4n) is 3.88. The van der Waals surface area contributed by atoms with Crippen molar-refractivity contribution in [2.24, 2.45) is 5.41 Å². The highest BCUT2D eigenvalue weighted by Gasteiger charge is 2.29. The Morgan fingerprint density at radius 2 is 2.09 bits per heavy atom. The van der Waals surface area contributed by atoms with Crippen molar-refractivity contribution in [2.75, 3.05) is 0 Å². The number of rotatable bonds is 3. The van der Waals surface area contributed by atoms with Crippen molar-refractivity contribution < 1.29 is 0 Å². The summed E-state index contributed by atoms with van der Waals surface area (Å²) in [5.74, 6) is 0. The van der Waals surface area contributed by atoms with Gasteiger partial charge in [-0.2, -0.15) is 0 Å². The lowest BCUT2D eigenvalue weighted by Gasteiger charge is -2.22. The summed E-state index contributed by atoms with van der Waals surface area (Å²) in [7, 11) is 0. The van der Waals surface area contributed by atoms with Crippen molar-refractivity contribution in [1.82, 2.24) is 9.97 Å². The summed E-state index contributed by atoms with van der Waals surface area (Å²) in [6.07, 6.45) is 8.92. The van der Waals surface area contributed by atoms with Crippen LogP contribution in [0.25, 0.3) is 21.5 Å². The molecular formula is C19H22N2S. The molecule has 2 aromatic heterocycles. The van der Waals surface area contributed by atoms with Crippen molar-refractivity contribution in [2.45, 2.75) is 46.0 Å². The predicted molar refractivity (Wildman–Crippen MR) is 94.4 cm³/mol. The molecule has 0 aliphatic heterocycles. The van der Waals surface area contributed by atoms with Crippen LogP contribution in [0.1, 0.15) is 43.9 Å². The molecule has 3 aromatic rings. The van der Waals surface area contributed by atoms with E-state index in [1.54, 1.807) is 11.3 Å². The molecule has 1 N–H and O–H groups in total. The van der Waals surface area contributed by atoms with E-state index in [0.29, 0.717) is 5.41 Å². The molecule has 1 aliphatic rings. The molecule has 0 radical (unpaired) electrons. The maximum Gasteiger partial charge on any atom is 0.125 e. The van der Waals surface area contributed by atoms with E-state index in [0.717, 1.165) is 10.7 Å². The monoisotopic (exact) mass is 310 g/mol. The van der Waals surface area contributed by atoms with Crippen molar-refractivity contribution in [1.29, 1.82) is 0 Å². The van der Waals surface area contributed by atoms with Gasteiger partial charge in [0, 0.05) is 28.2 Å². The van der Waals surface area contributed by atoms with Crippen LogP contribution in [0, 0.1) is 12.3 Å². The van der Waals surface area contributed by atoms with E-state index in [1.807, 2.05) is 0 Å². The molecule has 0 bridgehead atoms. The largest absolute Gasteiger partial charge is 0.360 e. The second-order valence-corrected chi connectivity index (χ2v) is 7.89. The minimum atomic E-state index is 0.489. The number of para-hydroxylation sites is 1. The van der Waals surface area contributed by atoms with E-state index < -0.39 is 0 Å². The maximum atomic E-state index is 4.66. The topological polar surface area (TPSA) is 28.7 Å². The molecule has 0 spiro atoms. The fourth-order valence-corrected chi connectivity index (χ4v) is 4.71. The molecule has 1 aromatic carbocycles. The van der Waals surface area contributed by atoms with E-state index in [-0.39, 0.29) is 0 Å². The third-order valence-corrected chi connectivity index (χ3v) is 6.07. The van der Waals surface area contributed by atoms with E-state index in [1.165, 1.54) is 54.1 Å². The van der Waals surface area contributed by atoms with Crippen LogP contribution in [-0.4, -0.2) is 9.97 Å². The molecule has 114 valence electrons. The Morgan fingerprint density at radius 3 is 2.82 bits per heavy atom. The molecular weight excluding hydrogens is 288 g/mol. The van der Waals surface area contributed by atoms with Crippen molar-refractivity contribution in [3.05, 3.63) is 41.0 Å². The lowest BCUT2D eigenvalue weighted by Crippen LogP contribution is -2.14. The third-order valence-electron chi connectivity index (χ3n) is 5.08. The van der Waals surface area contributed by atoms with Crippen molar-refractivity contribution >= 4 is 22.2 Å². The molecule has 0 amide bonds. The molecule has 22 heavy (non-hydrogen) atoms. The zero-order valence-electron chi connectivity index (χ0n) is 13.3. The maximum absolute atomic E-state index is 4.66. The van der Waals surface area contributed by atoms with Crippen LogP contribution >= 0.6 is 11.3 Å². The smallest absolute Gasteiger partial charge is 0.125 e. The molecule has 1 saturated carbocycles. The number of thiazole rings is 1. The molecule has 3 heteroatoms. The average molecular weight is 310 g/mol. The first-order chi connectivity index (χ1) is 10.6. The fraction of sp³-hybridized carbons (Fsp3) is 0.421. The number of nitrogens with one attached hydrogen (secondary N) is 1. The first kappa shape index (κ1) is 14.0. The quantitative estimate of drug-likeness (QED) is 0.658. The van der Waals surface area contributed by atoms with Gasteiger partial charge in [0.2, 0.25) is 0 Å². The second-order valence-electron chi connectivity index (χ2n) is 7.03. The zero-order chi connectivity index (χ0) is 15.2. The van der Waals surface area contributed by atoms with Gasteiger partial charge < -0.3 is 4.98 Å². The van der Waals surface area contributed by atoms with Crippen LogP contribution < -0.4 is 0 Å². The number of aromatic nitrogens is 2. The summed E-state index contributed by atoms with van der Waals surface area (Å²) in [4.78, 5) is 8.18. The lowest BCUT2D eigenvalue weighted by molar-refractivity contribution is 0.335. The summed E-state index contributed by atoms with van der Waals surface area (Å²) in [5.41, 5.74) is 5.53. The number of benzene rings is 1. The number of hydrogen-bond acceptors (Lipinski definition) is 2. The summed E-state index contributed by atoms with van der Waals surface area (Å²) < 4.78 is 0. The summed E-state index contributed by atoms with van der Waals surface area (Å²) in [6, 6.07) is 6.60. The van der Waals surface area contributed by atoms with Gasteiger partial charge in [-0.1, -0.05) is 31.9 Å². The Balaban J connectivity index is 1.76. The molecule has 0 atom stereocenters. The van der Waals surface area contributed by atoms with Gasteiger partial charge in [0.05, 0.1) is 5.52 Å². The molecule has 2 heterocycles. The van der Waals surface area contributed by atoms with Crippen LogP contribution in [0.2, 0.25) is 0 Å². The molecule has 0 unspecified atom stereocenters. The van der Waals surface area contributed by atoms with Crippen molar-refractivity contribution in [3.63, 3.8) is 0 Å². The van der Waals surface area contributed by atoms with Gasteiger partial charge in [-0.25, -0.2) is 4.98 Å². The van der Waals surface area contributed by atoms with Gasteiger partial charge in [-0.15, -0.1) is 11.3 Å². The van der Waals surface area contributed by atoms with E-state index in [4.69, 9.17) is 0 Å². The predicted octanol–water partition coefficient (Wildman–Crippen LogP) is 5.72. The van der Waals surface area contributed by atoms with Crippen LogP contribution in [-0.2, 0) is 6.42 Å². The Morgan fingerprint density at radius 1 is 1.27 bits per heavy atom. The standard InChI is InChI=1S/C19H22N2S/c1-13-12-22-18(21-13)16-7-5-6-15-14(11-20-17(15)16)10-19(2)8-3-4-9-19/h5-7,11-12,20H,3-4,8-10H2,1-2H3. The van der Waals surface area contributed by atoms with Crippen molar-refractivity contribution in [3.8, 4) is 10.6 Å². The van der Waals surface area contributed by atoms with E-state index >= 15 is 0 Å². The van der Waals surface area contributed by atoms with Gasteiger partial charge in [-0.05, 0) is 43.2 Å². The van der Waals surface area contributed by atoms with Crippen LogP contribution in [0.4, 0.5) is 0 Å². The normalized spacial score (nSPS) is 17.4. The van der Waals surface area contributed by atoms with E-state index in [9.17, 15) is 0 Å². The Kier molecular flexibility index (Phi) is 3.33. The summed E-state index contributed by atoms with van der Waals surface area (Å²) >= 11 is 1.73. The Bertz CT molecular complexity index is 806. The first-order valence-electron chi connectivity index (χ1n) is 8.16. The summed E-state index contributed by atoms with van der Waals surface area (Å²) in [5, 5.41) is 4.61. The number of H-pyrrole nitrogens is 1. The Hall–Kier alpha value is -1.61. The number of fused-ring (bicyclic) bond motifs is 1. The molecule has 1 aliphatic carbocycles. The number of hydrogen-bond donors (Lipinski definition) is 1. The minimum absolute atomic E-state index is 0.489. The average Bonchev–Trinajstić information content (AvgIpc) is 3.21.